The minimum absolute atomic E-state index is 0.120. The van der Waals surface area contributed by atoms with Gasteiger partial charge in [-0.25, -0.2) is 4.79 Å². The van der Waals surface area contributed by atoms with Crippen LogP contribution >= 0.6 is 0 Å². The molecule has 4 amide bonds. The highest BCUT2D eigenvalue weighted by atomic mass is 16.4. The number of aliphatic hydroxyl groups excluding tert-OH is 2. The summed E-state index contributed by atoms with van der Waals surface area (Å²) in [6.45, 7) is 0.464. The molecule has 0 aliphatic rings. The Labute approximate surface area is 189 Å². The van der Waals surface area contributed by atoms with Crippen molar-refractivity contribution in [2.24, 2.45) is 27.9 Å². The van der Waals surface area contributed by atoms with E-state index in [9.17, 15) is 34.2 Å². The normalized spacial score (nSPS) is 15.2. The molecule has 0 heterocycles. The summed E-state index contributed by atoms with van der Waals surface area (Å²) in [5, 5.41) is 34.6. The first kappa shape index (κ1) is 29.5. The number of aliphatic hydroxyl groups is 2. The number of aliphatic carboxylic acids is 1. The monoisotopic (exact) mass is 476 g/mol. The summed E-state index contributed by atoms with van der Waals surface area (Å²) in [7, 11) is 0. The molecule has 0 fully saturated rings. The van der Waals surface area contributed by atoms with Gasteiger partial charge in [-0.15, -0.1) is 0 Å². The number of primary amides is 1. The summed E-state index contributed by atoms with van der Waals surface area (Å²) in [4.78, 5) is 62.8. The predicted molar refractivity (Wildman–Crippen MR) is 114 cm³/mol. The summed E-state index contributed by atoms with van der Waals surface area (Å²) in [5.74, 6) is -5.65. The van der Waals surface area contributed by atoms with E-state index in [-0.39, 0.29) is 18.9 Å². The SMILES string of the molecule is CC(O)C(NC(=O)C(N)CCCN=C(N)N)C(=O)NC(CO)C(=O)NC(CC(N)=O)C(=O)O. The first-order valence-electron chi connectivity index (χ1n) is 9.82. The van der Waals surface area contributed by atoms with Crippen molar-refractivity contribution in [3.8, 4) is 0 Å². The molecule has 188 valence electrons. The van der Waals surface area contributed by atoms with E-state index in [0.29, 0.717) is 6.42 Å². The Balaban J connectivity index is 5.08. The first-order valence-corrected chi connectivity index (χ1v) is 9.82. The van der Waals surface area contributed by atoms with Crippen LogP contribution in [-0.2, 0) is 24.0 Å². The number of carboxylic acids is 1. The molecule has 0 aromatic heterocycles. The number of hydrogen-bond acceptors (Lipinski definition) is 9. The summed E-state index contributed by atoms with van der Waals surface area (Å²) in [5.41, 5.74) is 21.0. The van der Waals surface area contributed by atoms with Crippen molar-refractivity contribution in [1.29, 1.82) is 0 Å². The maximum Gasteiger partial charge on any atom is 0.326 e. The van der Waals surface area contributed by atoms with Crippen LogP contribution in [0.5, 0.6) is 0 Å². The van der Waals surface area contributed by atoms with Crippen molar-refractivity contribution in [2.75, 3.05) is 13.2 Å². The van der Waals surface area contributed by atoms with Gasteiger partial charge >= 0.3 is 5.97 Å². The van der Waals surface area contributed by atoms with E-state index < -0.39 is 72.9 Å². The lowest BCUT2D eigenvalue weighted by atomic mass is 10.1. The number of carbonyl (C=O) groups excluding carboxylic acids is 4. The van der Waals surface area contributed by atoms with Crippen LogP contribution in [0.15, 0.2) is 4.99 Å². The number of nitrogens with two attached hydrogens (primary N) is 4. The number of nitrogens with one attached hydrogen (secondary N) is 3. The molecule has 33 heavy (non-hydrogen) atoms. The fourth-order valence-corrected chi connectivity index (χ4v) is 2.45. The van der Waals surface area contributed by atoms with Crippen LogP contribution in [0, 0.1) is 0 Å². The number of nitrogens with zero attached hydrogens (tertiary/aromatic N) is 1. The predicted octanol–water partition coefficient (Wildman–Crippen LogP) is -5.85. The third-order valence-electron chi connectivity index (χ3n) is 4.20. The molecule has 0 radical (unpaired) electrons. The number of guanidine groups is 1. The molecule has 0 bridgehead atoms. The number of carbonyl (C=O) groups is 5. The molecule has 0 saturated heterocycles. The van der Waals surface area contributed by atoms with E-state index in [1.54, 1.807) is 0 Å². The van der Waals surface area contributed by atoms with Gasteiger partial charge in [-0.2, -0.15) is 0 Å². The topological polar surface area (TPSA) is 299 Å². The highest BCUT2D eigenvalue weighted by Crippen LogP contribution is 2.01. The third kappa shape index (κ3) is 11.6. The van der Waals surface area contributed by atoms with Crippen LogP contribution in [0.4, 0.5) is 0 Å². The maximum atomic E-state index is 12.5. The summed E-state index contributed by atoms with van der Waals surface area (Å²) in [6, 6.07) is -5.96. The van der Waals surface area contributed by atoms with Crippen molar-refractivity contribution < 1.29 is 39.3 Å². The lowest BCUT2D eigenvalue weighted by molar-refractivity contribution is -0.144. The van der Waals surface area contributed by atoms with Crippen LogP contribution in [0.1, 0.15) is 26.2 Å². The molecular weight excluding hydrogens is 444 g/mol. The molecule has 0 spiro atoms. The number of hydrogen-bond donors (Lipinski definition) is 10. The molecule has 0 aliphatic carbocycles. The Morgan fingerprint density at radius 3 is 1.97 bits per heavy atom. The molecule has 0 aromatic rings. The van der Waals surface area contributed by atoms with Gasteiger partial charge in [0.1, 0.15) is 18.1 Å². The quantitative estimate of drug-likeness (QED) is 0.0602. The molecule has 5 atom stereocenters. The molecule has 16 nitrogen and oxygen atoms in total. The summed E-state index contributed by atoms with van der Waals surface area (Å²) in [6.07, 6.45) is -1.62. The number of rotatable bonds is 15. The minimum atomic E-state index is -1.69. The van der Waals surface area contributed by atoms with Crippen molar-refractivity contribution in [3.05, 3.63) is 0 Å². The smallest absolute Gasteiger partial charge is 0.326 e. The zero-order valence-corrected chi connectivity index (χ0v) is 18.1. The van der Waals surface area contributed by atoms with Gasteiger partial charge in [0.05, 0.1) is 25.2 Å². The molecule has 0 saturated carbocycles. The molecule has 16 heteroatoms. The van der Waals surface area contributed by atoms with Gasteiger partial charge in [-0.05, 0) is 19.8 Å². The van der Waals surface area contributed by atoms with Gasteiger partial charge in [-0.3, -0.25) is 24.2 Å². The zero-order chi connectivity index (χ0) is 25.7. The van der Waals surface area contributed by atoms with Gasteiger partial charge in [0, 0.05) is 6.54 Å². The standard InChI is InChI=1S/C17H32N8O8/c1-7(27)12(25-13(29)8(18)3-2-4-22-17(20)21)15(31)24-10(6-26)14(30)23-9(16(32)33)5-11(19)28/h7-10,12,26-27H,2-6,18H2,1H3,(H2,19,28)(H,23,30)(H,24,31)(H,25,29)(H,32,33)(H4,20,21,22). The number of aliphatic imine (C=N–C) groups is 1. The number of carboxylic acid groups (broad SMARTS) is 1. The summed E-state index contributed by atoms with van der Waals surface area (Å²) >= 11 is 0. The fourth-order valence-electron chi connectivity index (χ4n) is 2.45. The molecule has 0 rings (SSSR count). The second-order valence-corrected chi connectivity index (χ2v) is 7.10. The van der Waals surface area contributed by atoms with Crippen LogP contribution in [0.25, 0.3) is 0 Å². The Morgan fingerprint density at radius 2 is 1.52 bits per heavy atom. The average Bonchev–Trinajstić information content (AvgIpc) is 2.71. The zero-order valence-electron chi connectivity index (χ0n) is 18.1. The molecule has 5 unspecified atom stereocenters. The second kappa shape index (κ2) is 14.5. The minimum Gasteiger partial charge on any atom is -0.480 e. The van der Waals surface area contributed by atoms with Crippen LogP contribution in [0.3, 0.4) is 0 Å². The average molecular weight is 476 g/mol. The maximum absolute atomic E-state index is 12.5. The highest BCUT2D eigenvalue weighted by molar-refractivity contribution is 5.95. The molecule has 0 aliphatic heterocycles. The van der Waals surface area contributed by atoms with Crippen molar-refractivity contribution in [3.63, 3.8) is 0 Å². The van der Waals surface area contributed by atoms with Crippen LogP contribution in [-0.4, -0.2) is 94.3 Å². The fraction of sp³-hybridized carbons (Fsp3) is 0.647. The van der Waals surface area contributed by atoms with Crippen molar-refractivity contribution in [2.45, 2.75) is 56.5 Å². The highest BCUT2D eigenvalue weighted by Gasteiger charge is 2.32. The largest absolute Gasteiger partial charge is 0.480 e. The Bertz CT molecular complexity index is 741. The molecular formula is C17H32N8O8. The van der Waals surface area contributed by atoms with E-state index in [2.05, 4.69) is 15.6 Å². The van der Waals surface area contributed by atoms with Gasteiger partial charge in [0.25, 0.3) is 0 Å². The summed E-state index contributed by atoms with van der Waals surface area (Å²) < 4.78 is 0. The van der Waals surface area contributed by atoms with E-state index in [1.165, 1.54) is 6.92 Å². The number of amides is 4. The van der Waals surface area contributed by atoms with E-state index in [1.807, 2.05) is 5.32 Å². The first-order chi connectivity index (χ1) is 15.3. The van der Waals surface area contributed by atoms with E-state index in [4.69, 9.17) is 28.0 Å². The van der Waals surface area contributed by atoms with Crippen LogP contribution in [0.2, 0.25) is 0 Å². The van der Waals surface area contributed by atoms with E-state index in [0.717, 1.165) is 0 Å². The third-order valence-corrected chi connectivity index (χ3v) is 4.20. The molecule has 14 N–H and O–H groups in total. The second-order valence-electron chi connectivity index (χ2n) is 7.10. The van der Waals surface area contributed by atoms with Crippen molar-refractivity contribution in [1.82, 2.24) is 16.0 Å². The van der Waals surface area contributed by atoms with Gasteiger partial charge in [-0.1, -0.05) is 0 Å². The van der Waals surface area contributed by atoms with Crippen molar-refractivity contribution >= 4 is 35.6 Å². The Morgan fingerprint density at radius 1 is 0.939 bits per heavy atom. The lowest BCUT2D eigenvalue weighted by Crippen LogP contribution is -2.60. The van der Waals surface area contributed by atoms with Gasteiger partial charge in [0.15, 0.2) is 5.96 Å². The Kier molecular flexibility index (Phi) is 13.0. The Hall–Kier alpha value is -3.50. The van der Waals surface area contributed by atoms with Crippen LogP contribution < -0.4 is 38.9 Å². The van der Waals surface area contributed by atoms with Gasteiger partial charge in [0.2, 0.25) is 23.6 Å². The van der Waals surface area contributed by atoms with E-state index >= 15 is 0 Å². The lowest BCUT2D eigenvalue weighted by Gasteiger charge is -2.25. The molecule has 0 aromatic carbocycles. The van der Waals surface area contributed by atoms with Gasteiger partial charge < -0.3 is 54.2 Å².